The molecule has 6 nitrogen and oxygen atoms in total. The van der Waals surface area contributed by atoms with E-state index in [4.69, 9.17) is 14.6 Å². The van der Waals surface area contributed by atoms with Crippen LogP contribution in [0.3, 0.4) is 0 Å². The van der Waals surface area contributed by atoms with Gasteiger partial charge in [-0.2, -0.15) is 0 Å². The van der Waals surface area contributed by atoms with E-state index in [0.29, 0.717) is 19.6 Å². The van der Waals surface area contributed by atoms with Crippen LogP contribution in [0.2, 0.25) is 0 Å². The summed E-state index contributed by atoms with van der Waals surface area (Å²) in [4.78, 5) is 24.5. The summed E-state index contributed by atoms with van der Waals surface area (Å²) in [6, 6.07) is -0.879. The van der Waals surface area contributed by atoms with Gasteiger partial charge in [0.1, 0.15) is 6.10 Å². The van der Waals surface area contributed by atoms with Gasteiger partial charge in [0.2, 0.25) is 0 Å². The maximum absolute atomic E-state index is 12.1. The molecule has 0 spiro atoms. The number of hydrogen-bond acceptors (Lipinski definition) is 4. The summed E-state index contributed by atoms with van der Waals surface area (Å²) in [5.74, 6) is -1.24. The minimum Gasteiger partial charge on any atom is -0.480 e. The van der Waals surface area contributed by atoms with Crippen LogP contribution in [0.4, 0.5) is 0 Å². The van der Waals surface area contributed by atoms with Gasteiger partial charge >= 0.3 is 5.97 Å². The Morgan fingerprint density at radius 1 is 1.35 bits per heavy atom. The van der Waals surface area contributed by atoms with E-state index in [9.17, 15) is 9.59 Å². The van der Waals surface area contributed by atoms with E-state index < -0.39 is 18.1 Å². The summed E-state index contributed by atoms with van der Waals surface area (Å²) < 4.78 is 10.6. The third kappa shape index (κ3) is 2.58. The van der Waals surface area contributed by atoms with Gasteiger partial charge in [0.05, 0.1) is 19.3 Å². The van der Waals surface area contributed by atoms with E-state index in [1.807, 2.05) is 6.92 Å². The second-order valence-electron chi connectivity index (χ2n) is 4.47. The molecule has 3 unspecified atom stereocenters. The molecule has 2 aliphatic heterocycles. The van der Waals surface area contributed by atoms with Crippen LogP contribution in [0.25, 0.3) is 0 Å². The Hall–Kier alpha value is -1.14. The van der Waals surface area contributed by atoms with Crippen molar-refractivity contribution in [2.75, 3.05) is 19.8 Å². The highest BCUT2D eigenvalue weighted by Gasteiger charge is 2.38. The molecular weight excluding hydrogens is 226 g/mol. The molecule has 0 aromatic heterocycles. The van der Waals surface area contributed by atoms with Crippen molar-refractivity contribution in [2.45, 2.75) is 38.0 Å². The van der Waals surface area contributed by atoms with Crippen LogP contribution >= 0.6 is 0 Å². The highest BCUT2D eigenvalue weighted by atomic mass is 16.5. The van der Waals surface area contributed by atoms with Crippen LogP contribution in [0.1, 0.15) is 19.8 Å². The molecule has 3 atom stereocenters. The Bertz CT molecular complexity index is 319. The van der Waals surface area contributed by atoms with Gasteiger partial charge in [-0.1, -0.05) is 0 Å². The van der Waals surface area contributed by atoms with Crippen molar-refractivity contribution in [2.24, 2.45) is 0 Å². The largest absolute Gasteiger partial charge is 0.480 e. The topological polar surface area (TPSA) is 76.1 Å². The molecule has 0 radical (unpaired) electrons. The minimum absolute atomic E-state index is 0.0589. The monoisotopic (exact) mass is 243 g/mol. The van der Waals surface area contributed by atoms with Gasteiger partial charge in [-0.25, -0.2) is 4.79 Å². The smallest absolute Gasteiger partial charge is 0.328 e. The average molecular weight is 243 g/mol. The molecule has 2 saturated heterocycles. The van der Waals surface area contributed by atoms with E-state index in [1.54, 1.807) is 0 Å². The number of carbonyl (C=O) groups excluding carboxylic acids is 1. The van der Waals surface area contributed by atoms with Gasteiger partial charge in [0, 0.05) is 6.54 Å². The van der Waals surface area contributed by atoms with Crippen LogP contribution in [0, 0.1) is 0 Å². The molecule has 0 aromatic rings. The Morgan fingerprint density at radius 3 is 2.71 bits per heavy atom. The fraction of sp³-hybridized carbons (Fsp3) is 0.818. The normalized spacial score (nSPS) is 33.7. The van der Waals surface area contributed by atoms with E-state index in [2.05, 4.69) is 0 Å². The fourth-order valence-electron chi connectivity index (χ4n) is 2.24. The minimum atomic E-state index is -1.02. The first-order chi connectivity index (χ1) is 8.09. The number of morpholine rings is 1. The number of nitrogens with zero attached hydrogens (tertiary/aromatic N) is 1. The molecule has 2 fully saturated rings. The van der Waals surface area contributed by atoms with Crippen molar-refractivity contribution >= 4 is 11.9 Å². The standard InChI is InChI=1S/C11H17NO5/c1-7-2-3-9(17-7)10(13)12-4-5-16-6-8(12)11(14)15/h7-9H,2-6H2,1H3,(H,14,15). The number of rotatable bonds is 2. The highest BCUT2D eigenvalue weighted by molar-refractivity contribution is 5.86. The second-order valence-corrected chi connectivity index (χ2v) is 4.47. The lowest BCUT2D eigenvalue weighted by atomic mass is 10.1. The van der Waals surface area contributed by atoms with Crippen molar-refractivity contribution in [1.29, 1.82) is 0 Å². The summed E-state index contributed by atoms with van der Waals surface area (Å²) >= 11 is 0. The summed E-state index contributed by atoms with van der Waals surface area (Å²) in [6.07, 6.45) is 1.11. The van der Waals surface area contributed by atoms with E-state index in [0.717, 1.165) is 6.42 Å². The van der Waals surface area contributed by atoms with Gasteiger partial charge in [-0.05, 0) is 19.8 Å². The molecule has 1 amide bonds. The van der Waals surface area contributed by atoms with Crippen LogP contribution in [0.5, 0.6) is 0 Å². The molecule has 6 heteroatoms. The molecule has 96 valence electrons. The summed E-state index contributed by atoms with van der Waals surface area (Å²) in [5.41, 5.74) is 0. The molecule has 0 aromatic carbocycles. The predicted octanol–water partition coefficient (Wildman–Crippen LogP) is -0.134. The summed E-state index contributed by atoms with van der Waals surface area (Å²) in [5, 5.41) is 9.04. The van der Waals surface area contributed by atoms with Gasteiger partial charge in [0.25, 0.3) is 5.91 Å². The van der Waals surface area contributed by atoms with Gasteiger partial charge in [0.15, 0.2) is 6.04 Å². The number of hydrogen-bond donors (Lipinski definition) is 1. The zero-order valence-corrected chi connectivity index (χ0v) is 9.80. The maximum atomic E-state index is 12.1. The third-order valence-corrected chi connectivity index (χ3v) is 3.20. The number of ether oxygens (including phenoxy) is 2. The Labute approximate surface area is 99.5 Å². The van der Waals surface area contributed by atoms with Crippen molar-refractivity contribution in [3.05, 3.63) is 0 Å². The number of aliphatic carboxylic acids is 1. The Kier molecular flexibility index (Phi) is 3.63. The lowest BCUT2D eigenvalue weighted by Crippen LogP contribution is -2.55. The van der Waals surface area contributed by atoms with E-state index >= 15 is 0 Å². The van der Waals surface area contributed by atoms with Crippen LogP contribution in [0.15, 0.2) is 0 Å². The molecule has 2 rings (SSSR count). The zero-order valence-electron chi connectivity index (χ0n) is 9.80. The first-order valence-electron chi connectivity index (χ1n) is 5.86. The average Bonchev–Trinajstić information content (AvgIpc) is 2.75. The first kappa shape index (κ1) is 12.3. The SMILES string of the molecule is CC1CCC(C(=O)N2CCOCC2C(=O)O)O1. The van der Waals surface area contributed by atoms with Gasteiger partial charge in [-0.15, -0.1) is 0 Å². The van der Waals surface area contributed by atoms with Crippen molar-refractivity contribution in [1.82, 2.24) is 4.90 Å². The van der Waals surface area contributed by atoms with Crippen molar-refractivity contribution < 1.29 is 24.2 Å². The Morgan fingerprint density at radius 2 is 2.12 bits per heavy atom. The van der Waals surface area contributed by atoms with Crippen LogP contribution in [-0.2, 0) is 19.1 Å². The van der Waals surface area contributed by atoms with Crippen molar-refractivity contribution in [3.63, 3.8) is 0 Å². The highest BCUT2D eigenvalue weighted by Crippen LogP contribution is 2.22. The number of amides is 1. The quantitative estimate of drug-likeness (QED) is 0.731. The molecule has 17 heavy (non-hydrogen) atoms. The van der Waals surface area contributed by atoms with Crippen LogP contribution < -0.4 is 0 Å². The van der Waals surface area contributed by atoms with Gasteiger partial charge in [-0.3, -0.25) is 4.79 Å². The Balaban J connectivity index is 2.03. The van der Waals surface area contributed by atoms with E-state index in [1.165, 1.54) is 4.90 Å². The number of carboxylic acid groups (broad SMARTS) is 1. The molecule has 0 bridgehead atoms. The van der Waals surface area contributed by atoms with Crippen molar-refractivity contribution in [3.8, 4) is 0 Å². The summed E-state index contributed by atoms with van der Waals surface area (Å²) in [6.45, 7) is 2.69. The summed E-state index contributed by atoms with van der Waals surface area (Å²) in [7, 11) is 0. The number of carboxylic acids is 1. The molecule has 2 aliphatic rings. The lowest BCUT2D eigenvalue weighted by Gasteiger charge is -2.34. The van der Waals surface area contributed by atoms with Crippen LogP contribution in [-0.4, -0.2) is 59.9 Å². The molecule has 2 heterocycles. The molecule has 1 N–H and O–H groups in total. The van der Waals surface area contributed by atoms with E-state index in [-0.39, 0.29) is 18.6 Å². The van der Waals surface area contributed by atoms with Gasteiger partial charge < -0.3 is 19.5 Å². The first-order valence-corrected chi connectivity index (χ1v) is 5.86. The molecular formula is C11H17NO5. The fourth-order valence-corrected chi connectivity index (χ4v) is 2.24. The molecule has 0 aliphatic carbocycles. The number of carbonyl (C=O) groups is 2. The molecule has 0 saturated carbocycles. The second kappa shape index (κ2) is 5.01. The lowest BCUT2D eigenvalue weighted by molar-refractivity contribution is -0.163. The third-order valence-electron chi connectivity index (χ3n) is 3.20. The maximum Gasteiger partial charge on any atom is 0.328 e. The zero-order chi connectivity index (χ0) is 12.4. The predicted molar refractivity (Wildman–Crippen MR) is 57.5 cm³/mol.